The highest BCUT2D eigenvalue weighted by atomic mass is 79.9. The molecule has 0 atom stereocenters. The molecule has 0 bridgehead atoms. The minimum atomic E-state index is -0.638. The predicted octanol–water partition coefficient (Wildman–Crippen LogP) is 4.48. The number of benzene rings is 3. The Kier molecular flexibility index (Phi) is 6.34. The van der Waals surface area contributed by atoms with Crippen LogP contribution in [-0.4, -0.2) is 24.3 Å². The third-order valence-electron chi connectivity index (χ3n) is 3.90. The number of ether oxygens (including phenoxy) is 1. The topological polar surface area (TPSA) is 72.5 Å². The summed E-state index contributed by atoms with van der Waals surface area (Å²) in [6, 6.07) is 22.1. The zero-order valence-electron chi connectivity index (χ0n) is 14.7. The zero-order chi connectivity index (χ0) is 19.9. The minimum Gasteiger partial charge on any atom is -0.452 e. The molecule has 28 heavy (non-hydrogen) atoms. The lowest BCUT2D eigenvalue weighted by atomic mass is 10.0. The van der Waals surface area contributed by atoms with Gasteiger partial charge >= 0.3 is 5.97 Å². The quantitative estimate of drug-likeness (QED) is 0.455. The summed E-state index contributed by atoms with van der Waals surface area (Å²) in [5.74, 6) is -1.22. The Bertz CT molecular complexity index is 1000. The molecule has 5 nitrogen and oxygen atoms in total. The molecule has 0 saturated heterocycles. The summed E-state index contributed by atoms with van der Waals surface area (Å²) in [4.78, 5) is 36.4. The third-order valence-corrected chi connectivity index (χ3v) is 4.59. The van der Waals surface area contributed by atoms with Gasteiger partial charge in [-0.1, -0.05) is 54.6 Å². The summed E-state index contributed by atoms with van der Waals surface area (Å²) in [6.07, 6.45) is 0. The van der Waals surface area contributed by atoms with Crippen LogP contribution in [0.15, 0.2) is 83.3 Å². The number of esters is 1. The molecule has 0 aromatic heterocycles. The molecule has 0 radical (unpaired) electrons. The molecule has 0 aliphatic rings. The van der Waals surface area contributed by atoms with E-state index in [9.17, 15) is 14.4 Å². The van der Waals surface area contributed by atoms with Gasteiger partial charge in [0.15, 0.2) is 12.4 Å². The van der Waals surface area contributed by atoms with Crippen LogP contribution >= 0.6 is 15.9 Å². The van der Waals surface area contributed by atoms with Crippen LogP contribution in [0, 0.1) is 0 Å². The Morgan fingerprint density at radius 3 is 2.00 bits per heavy atom. The first-order valence-electron chi connectivity index (χ1n) is 8.46. The van der Waals surface area contributed by atoms with Gasteiger partial charge in [0, 0.05) is 15.6 Å². The predicted molar refractivity (Wildman–Crippen MR) is 109 cm³/mol. The normalized spacial score (nSPS) is 10.2. The van der Waals surface area contributed by atoms with Crippen molar-refractivity contribution < 1.29 is 19.1 Å². The zero-order valence-corrected chi connectivity index (χ0v) is 16.3. The summed E-state index contributed by atoms with van der Waals surface area (Å²) in [5, 5.41) is 2.65. The second kappa shape index (κ2) is 9.10. The lowest BCUT2D eigenvalue weighted by molar-refractivity contribution is -0.119. The summed E-state index contributed by atoms with van der Waals surface area (Å²) in [5.41, 5.74) is 1.89. The molecule has 6 heteroatoms. The van der Waals surface area contributed by atoms with Crippen LogP contribution in [0.3, 0.4) is 0 Å². The smallest absolute Gasteiger partial charge is 0.338 e. The fraction of sp³-hybridized carbons (Fsp3) is 0.0455. The number of nitrogens with one attached hydrogen (secondary N) is 1. The van der Waals surface area contributed by atoms with E-state index in [1.54, 1.807) is 54.6 Å². The molecule has 0 fully saturated rings. The van der Waals surface area contributed by atoms with E-state index >= 15 is 0 Å². The maximum atomic E-state index is 12.4. The highest BCUT2D eigenvalue weighted by Gasteiger charge is 2.13. The number of hydrogen-bond acceptors (Lipinski definition) is 4. The molecule has 0 heterocycles. The molecule has 1 amide bonds. The van der Waals surface area contributed by atoms with Gasteiger partial charge in [-0.15, -0.1) is 0 Å². The lowest BCUT2D eigenvalue weighted by Crippen LogP contribution is -2.21. The van der Waals surface area contributed by atoms with Crippen LogP contribution in [0.25, 0.3) is 0 Å². The first-order valence-corrected chi connectivity index (χ1v) is 9.25. The second-order valence-corrected chi connectivity index (χ2v) is 6.73. The molecule has 0 aliphatic carbocycles. The molecule has 0 aliphatic heterocycles. The van der Waals surface area contributed by atoms with E-state index in [1.165, 1.54) is 12.1 Å². The van der Waals surface area contributed by atoms with Gasteiger partial charge in [-0.25, -0.2) is 4.79 Å². The Hall–Kier alpha value is -3.25. The monoisotopic (exact) mass is 437 g/mol. The van der Waals surface area contributed by atoms with Crippen molar-refractivity contribution in [3.63, 3.8) is 0 Å². The molecule has 3 aromatic carbocycles. The van der Waals surface area contributed by atoms with E-state index in [4.69, 9.17) is 4.74 Å². The molecular weight excluding hydrogens is 422 g/mol. The van der Waals surface area contributed by atoms with Crippen molar-refractivity contribution in [1.82, 2.24) is 0 Å². The number of rotatable bonds is 6. The van der Waals surface area contributed by atoms with Crippen LogP contribution in [0.5, 0.6) is 0 Å². The number of ketones is 1. The van der Waals surface area contributed by atoms with Crippen LogP contribution in [0.1, 0.15) is 26.3 Å². The molecule has 1 N–H and O–H groups in total. The minimum absolute atomic E-state index is 0.131. The molecule has 3 aromatic rings. The summed E-state index contributed by atoms with van der Waals surface area (Å²) >= 11 is 3.33. The van der Waals surface area contributed by atoms with Crippen LogP contribution in [-0.2, 0) is 9.53 Å². The van der Waals surface area contributed by atoms with Crippen LogP contribution in [0.2, 0.25) is 0 Å². The molecule has 140 valence electrons. The van der Waals surface area contributed by atoms with Crippen LogP contribution < -0.4 is 5.32 Å². The number of hydrogen-bond donors (Lipinski definition) is 1. The van der Waals surface area contributed by atoms with Crippen molar-refractivity contribution in [2.45, 2.75) is 0 Å². The Morgan fingerprint density at radius 1 is 0.750 bits per heavy atom. The summed E-state index contributed by atoms with van der Waals surface area (Å²) in [7, 11) is 0. The average molecular weight is 438 g/mol. The van der Waals surface area contributed by atoms with Gasteiger partial charge < -0.3 is 10.1 Å². The first-order chi connectivity index (χ1) is 13.5. The highest BCUT2D eigenvalue weighted by molar-refractivity contribution is 9.10. The van der Waals surface area contributed by atoms with Crippen molar-refractivity contribution in [2.75, 3.05) is 11.9 Å². The fourth-order valence-corrected chi connectivity index (χ4v) is 2.86. The maximum absolute atomic E-state index is 12.4. The number of carbonyl (C=O) groups is 3. The van der Waals surface area contributed by atoms with Crippen molar-refractivity contribution in [1.29, 1.82) is 0 Å². The van der Waals surface area contributed by atoms with E-state index in [0.29, 0.717) is 16.8 Å². The van der Waals surface area contributed by atoms with Gasteiger partial charge in [0.1, 0.15) is 0 Å². The fourth-order valence-electron chi connectivity index (χ4n) is 2.48. The maximum Gasteiger partial charge on any atom is 0.338 e. The number of para-hydroxylation sites is 1. The van der Waals surface area contributed by atoms with E-state index in [1.807, 2.05) is 12.1 Å². The van der Waals surface area contributed by atoms with Crippen molar-refractivity contribution in [3.05, 3.63) is 100 Å². The number of anilines is 1. The van der Waals surface area contributed by atoms with E-state index in [0.717, 1.165) is 4.47 Å². The van der Waals surface area contributed by atoms with E-state index < -0.39 is 18.5 Å². The van der Waals surface area contributed by atoms with E-state index in [-0.39, 0.29) is 11.3 Å². The number of carbonyl (C=O) groups excluding carboxylic acids is 3. The van der Waals surface area contributed by atoms with Gasteiger partial charge in [0.25, 0.3) is 5.91 Å². The van der Waals surface area contributed by atoms with Crippen molar-refractivity contribution >= 4 is 39.3 Å². The van der Waals surface area contributed by atoms with Crippen LogP contribution in [0.4, 0.5) is 5.69 Å². The number of amides is 1. The Labute approximate surface area is 170 Å². The van der Waals surface area contributed by atoms with Crippen molar-refractivity contribution in [3.8, 4) is 0 Å². The SMILES string of the molecule is O=C(COC(=O)c1ccc(C(=O)c2ccccc2)cc1)Nc1ccccc1Br. The largest absolute Gasteiger partial charge is 0.452 e. The van der Waals surface area contributed by atoms with Crippen molar-refractivity contribution in [2.24, 2.45) is 0 Å². The highest BCUT2D eigenvalue weighted by Crippen LogP contribution is 2.21. The summed E-state index contributed by atoms with van der Waals surface area (Å²) in [6.45, 7) is -0.412. The lowest BCUT2D eigenvalue weighted by Gasteiger charge is -2.08. The molecule has 0 saturated carbocycles. The third kappa shape index (κ3) is 4.92. The van der Waals surface area contributed by atoms with Gasteiger partial charge in [0.05, 0.1) is 11.3 Å². The second-order valence-electron chi connectivity index (χ2n) is 5.88. The molecule has 0 unspecified atom stereocenters. The Balaban J connectivity index is 1.57. The molecule has 0 spiro atoms. The van der Waals surface area contributed by atoms with E-state index in [2.05, 4.69) is 21.2 Å². The number of halogens is 1. The Morgan fingerprint density at radius 2 is 1.32 bits per heavy atom. The van der Waals surface area contributed by atoms with Gasteiger partial charge in [-0.05, 0) is 40.2 Å². The summed E-state index contributed by atoms with van der Waals surface area (Å²) < 4.78 is 5.77. The first kappa shape index (κ1) is 19.5. The molecular formula is C22H16BrNO4. The van der Waals surface area contributed by atoms with Gasteiger partial charge in [-0.2, -0.15) is 0 Å². The molecule has 3 rings (SSSR count). The van der Waals surface area contributed by atoms with Gasteiger partial charge in [-0.3, -0.25) is 9.59 Å². The average Bonchev–Trinajstić information content (AvgIpc) is 2.74. The van der Waals surface area contributed by atoms with Gasteiger partial charge in [0.2, 0.25) is 0 Å². The standard InChI is InChI=1S/C22H16BrNO4/c23-18-8-4-5-9-19(18)24-20(25)14-28-22(27)17-12-10-16(11-13-17)21(26)15-6-2-1-3-7-15/h1-13H,14H2,(H,24,25).